The number of benzene rings is 2. The highest BCUT2D eigenvalue weighted by atomic mass is 19.1. The van der Waals surface area contributed by atoms with Crippen molar-refractivity contribution < 1.29 is 34.0 Å². The number of hydrogen-bond acceptors (Lipinski definition) is 6. The highest BCUT2D eigenvalue weighted by Gasteiger charge is 2.18. The molecule has 3 N–H and O–H groups in total. The van der Waals surface area contributed by atoms with Crippen molar-refractivity contribution in [2.45, 2.75) is 32.0 Å². The van der Waals surface area contributed by atoms with Gasteiger partial charge in [0.1, 0.15) is 12.4 Å². The molecular weight excluding hydrogens is 391 g/mol. The Hall–Kier alpha value is -3.12. The number of para-hydroxylation sites is 1. The van der Waals surface area contributed by atoms with Crippen LogP contribution in [0.4, 0.5) is 4.39 Å². The monoisotopic (exact) mass is 416 g/mol. The SMILES string of the molecule is CCOC(=O)[C@H](O)CC(=C=CC[C@@H](O)c1ccc(O)c(F)c1)COc1ccccc1. The zero-order chi connectivity index (χ0) is 21.9. The van der Waals surface area contributed by atoms with E-state index in [4.69, 9.17) is 9.47 Å². The van der Waals surface area contributed by atoms with Gasteiger partial charge in [0, 0.05) is 18.4 Å². The van der Waals surface area contributed by atoms with Crippen LogP contribution in [0.25, 0.3) is 0 Å². The molecule has 2 rings (SSSR count). The van der Waals surface area contributed by atoms with Gasteiger partial charge in [-0.05, 0) is 42.8 Å². The number of carbonyl (C=O) groups excluding carboxylic acids is 1. The van der Waals surface area contributed by atoms with Crippen LogP contribution in [-0.2, 0) is 9.53 Å². The first-order valence-corrected chi connectivity index (χ1v) is 9.52. The molecule has 7 heteroatoms. The highest BCUT2D eigenvalue weighted by molar-refractivity contribution is 5.74. The van der Waals surface area contributed by atoms with Crippen LogP contribution in [0.3, 0.4) is 0 Å². The van der Waals surface area contributed by atoms with E-state index in [0.717, 1.165) is 6.07 Å². The van der Waals surface area contributed by atoms with Crippen LogP contribution in [0.5, 0.6) is 11.5 Å². The van der Waals surface area contributed by atoms with Gasteiger partial charge in [0.05, 0.1) is 12.7 Å². The number of halogens is 1. The molecule has 0 aromatic heterocycles. The predicted molar refractivity (Wildman–Crippen MR) is 108 cm³/mol. The number of aromatic hydroxyl groups is 1. The first-order chi connectivity index (χ1) is 14.4. The van der Waals surface area contributed by atoms with Crippen molar-refractivity contribution in [1.29, 1.82) is 0 Å². The van der Waals surface area contributed by atoms with Crippen LogP contribution in [0.15, 0.2) is 65.9 Å². The maximum atomic E-state index is 13.5. The van der Waals surface area contributed by atoms with E-state index < -0.39 is 29.7 Å². The molecule has 160 valence electrons. The molecule has 2 aromatic rings. The largest absolute Gasteiger partial charge is 0.505 e. The summed E-state index contributed by atoms with van der Waals surface area (Å²) in [6.45, 7) is 1.87. The Kier molecular flexibility index (Phi) is 9.09. The van der Waals surface area contributed by atoms with Crippen molar-refractivity contribution in [3.05, 3.63) is 77.3 Å². The lowest BCUT2D eigenvalue weighted by atomic mass is 10.1. The molecule has 0 aliphatic heterocycles. The topological polar surface area (TPSA) is 96.2 Å². The number of aliphatic hydroxyl groups is 2. The summed E-state index contributed by atoms with van der Waals surface area (Å²) in [6.07, 6.45) is -0.798. The first-order valence-electron chi connectivity index (χ1n) is 9.52. The second-order valence-electron chi connectivity index (χ2n) is 6.49. The number of rotatable bonds is 10. The Morgan fingerprint density at radius 2 is 1.93 bits per heavy atom. The van der Waals surface area contributed by atoms with Gasteiger partial charge in [-0.2, -0.15) is 0 Å². The molecule has 0 aliphatic rings. The Morgan fingerprint density at radius 3 is 2.60 bits per heavy atom. The van der Waals surface area contributed by atoms with E-state index >= 15 is 0 Å². The van der Waals surface area contributed by atoms with Gasteiger partial charge in [-0.15, -0.1) is 5.73 Å². The van der Waals surface area contributed by atoms with Crippen molar-refractivity contribution in [3.8, 4) is 11.5 Å². The van der Waals surface area contributed by atoms with E-state index in [1.807, 2.05) is 18.2 Å². The molecule has 2 atom stereocenters. The van der Waals surface area contributed by atoms with Crippen molar-refractivity contribution in [1.82, 2.24) is 0 Å². The second-order valence-corrected chi connectivity index (χ2v) is 6.49. The summed E-state index contributed by atoms with van der Waals surface area (Å²) in [5.74, 6) is -1.44. The molecule has 0 heterocycles. The fourth-order valence-corrected chi connectivity index (χ4v) is 2.58. The molecule has 0 radical (unpaired) electrons. The summed E-state index contributed by atoms with van der Waals surface area (Å²) in [5.41, 5.74) is 3.73. The summed E-state index contributed by atoms with van der Waals surface area (Å²) in [6, 6.07) is 12.7. The van der Waals surface area contributed by atoms with Crippen molar-refractivity contribution in [2.75, 3.05) is 13.2 Å². The standard InChI is InChI=1S/C23H25FO6/c1-2-29-23(28)22(27)13-16(15-30-18-8-4-3-5-9-18)7-6-10-20(25)17-11-12-21(26)19(24)14-17/h3-6,8-9,11-12,14,20,22,25-27H,2,10,13,15H2,1H3/t7?,20-,22-/m1/s1. The van der Waals surface area contributed by atoms with E-state index in [-0.39, 0.29) is 26.1 Å². The van der Waals surface area contributed by atoms with Crippen LogP contribution in [0.1, 0.15) is 31.4 Å². The van der Waals surface area contributed by atoms with Crippen molar-refractivity contribution in [3.63, 3.8) is 0 Å². The Balaban J connectivity index is 2.10. The molecule has 30 heavy (non-hydrogen) atoms. The van der Waals surface area contributed by atoms with Crippen molar-refractivity contribution >= 4 is 5.97 Å². The average molecular weight is 416 g/mol. The van der Waals surface area contributed by atoms with E-state index in [1.165, 1.54) is 18.2 Å². The average Bonchev–Trinajstić information content (AvgIpc) is 2.74. The fourth-order valence-electron chi connectivity index (χ4n) is 2.58. The molecule has 2 aromatic carbocycles. The molecular formula is C23H25FO6. The highest BCUT2D eigenvalue weighted by Crippen LogP contribution is 2.23. The Morgan fingerprint density at radius 1 is 1.20 bits per heavy atom. The lowest BCUT2D eigenvalue weighted by Crippen LogP contribution is -2.24. The lowest BCUT2D eigenvalue weighted by Gasteiger charge is -2.12. The molecule has 6 nitrogen and oxygen atoms in total. The Labute approximate surface area is 174 Å². The van der Waals surface area contributed by atoms with Gasteiger partial charge in [0.2, 0.25) is 0 Å². The van der Waals surface area contributed by atoms with Gasteiger partial charge in [-0.25, -0.2) is 9.18 Å². The van der Waals surface area contributed by atoms with E-state index in [2.05, 4.69) is 5.73 Å². The number of phenolic OH excluding ortho intramolecular Hbond substituents is 1. The molecule has 0 amide bonds. The van der Waals surface area contributed by atoms with E-state index in [0.29, 0.717) is 16.9 Å². The summed E-state index contributed by atoms with van der Waals surface area (Å²) in [5, 5.41) is 29.5. The first kappa shape index (κ1) is 23.2. The molecule has 0 spiro atoms. The van der Waals surface area contributed by atoms with Gasteiger partial charge in [-0.3, -0.25) is 0 Å². The smallest absolute Gasteiger partial charge is 0.335 e. The zero-order valence-electron chi connectivity index (χ0n) is 16.6. The second kappa shape index (κ2) is 11.8. The molecule has 0 saturated heterocycles. The van der Waals surface area contributed by atoms with E-state index in [1.54, 1.807) is 19.1 Å². The van der Waals surface area contributed by atoms with Crippen LogP contribution in [-0.4, -0.2) is 40.6 Å². The lowest BCUT2D eigenvalue weighted by molar-refractivity contribution is -0.152. The minimum atomic E-state index is -1.36. The molecule has 0 unspecified atom stereocenters. The van der Waals surface area contributed by atoms with Crippen molar-refractivity contribution in [2.24, 2.45) is 0 Å². The van der Waals surface area contributed by atoms with Gasteiger partial charge >= 0.3 is 5.97 Å². The third-order valence-electron chi connectivity index (χ3n) is 4.16. The van der Waals surface area contributed by atoms with Gasteiger partial charge in [-0.1, -0.05) is 24.3 Å². The van der Waals surface area contributed by atoms with Crippen LogP contribution < -0.4 is 4.74 Å². The maximum Gasteiger partial charge on any atom is 0.335 e. The van der Waals surface area contributed by atoms with Crippen LogP contribution in [0.2, 0.25) is 0 Å². The van der Waals surface area contributed by atoms with Gasteiger partial charge < -0.3 is 24.8 Å². The third kappa shape index (κ3) is 7.37. The van der Waals surface area contributed by atoms with Gasteiger partial charge in [0.15, 0.2) is 17.7 Å². The summed E-state index contributed by atoms with van der Waals surface area (Å²) >= 11 is 0. The normalized spacial score (nSPS) is 12.4. The minimum absolute atomic E-state index is 0.0495. The predicted octanol–water partition coefficient (Wildman–Crippen LogP) is 3.43. The number of ether oxygens (including phenoxy) is 2. The minimum Gasteiger partial charge on any atom is -0.505 e. The summed E-state index contributed by atoms with van der Waals surface area (Å²) in [4.78, 5) is 11.7. The number of carbonyl (C=O) groups is 1. The Bertz CT molecular complexity index is 890. The summed E-state index contributed by atoms with van der Waals surface area (Å²) < 4.78 is 23.9. The number of aliphatic hydroxyl groups excluding tert-OH is 2. The van der Waals surface area contributed by atoms with E-state index in [9.17, 15) is 24.5 Å². The molecule has 0 bridgehead atoms. The summed E-state index contributed by atoms with van der Waals surface area (Å²) in [7, 11) is 0. The van der Waals surface area contributed by atoms with Crippen LogP contribution in [0, 0.1) is 5.82 Å². The third-order valence-corrected chi connectivity index (χ3v) is 4.16. The molecule has 0 fully saturated rings. The fraction of sp³-hybridized carbons (Fsp3) is 0.304. The zero-order valence-corrected chi connectivity index (χ0v) is 16.6. The number of esters is 1. The molecule has 0 aliphatic carbocycles. The number of hydrogen-bond donors (Lipinski definition) is 3. The quantitative estimate of drug-likeness (QED) is 0.406. The maximum absolute atomic E-state index is 13.5. The number of phenols is 1. The molecule has 0 saturated carbocycles. The van der Waals surface area contributed by atoms with Gasteiger partial charge in [0.25, 0.3) is 0 Å². The van der Waals surface area contributed by atoms with Crippen LogP contribution >= 0.6 is 0 Å².